The van der Waals surface area contributed by atoms with Crippen molar-refractivity contribution in [3.8, 4) is 0 Å². The predicted octanol–water partition coefficient (Wildman–Crippen LogP) is 0.724. The Morgan fingerprint density at radius 1 is 1.47 bits per heavy atom. The number of carboxylic acid groups (broad SMARTS) is 1. The minimum atomic E-state index is -0.902. The second-order valence-corrected chi connectivity index (χ2v) is 4.84. The van der Waals surface area contributed by atoms with Crippen LogP contribution in [-0.4, -0.2) is 37.4 Å². The van der Waals surface area contributed by atoms with Crippen LogP contribution in [0.4, 0.5) is 10.7 Å². The minimum absolute atomic E-state index is 0.0563. The molecule has 1 fully saturated rings. The van der Waals surface area contributed by atoms with Crippen LogP contribution < -0.4 is 10.6 Å². The first-order valence-corrected chi connectivity index (χ1v) is 6.16. The lowest BCUT2D eigenvalue weighted by Gasteiger charge is -2.28. The van der Waals surface area contributed by atoms with Crippen LogP contribution in [0.2, 0.25) is 0 Å². The first-order chi connectivity index (χ1) is 9.01. The molecule has 1 saturated carbocycles. The number of hydrogen-bond acceptors (Lipinski definition) is 4. The number of amides is 2. The van der Waals surface area contributed by atoms with Crippen LogP contribution >= 0.6 is 0 Å². The largest absolute Gasteiger partial charge is 0.481 e. The molecule has 1 aliphatic carbocycles. The summed E-state index contributed by atoms with van der Waals surface area (Å²) in [5.41, 5.74) is -0.644. The molecule has 0 unspecified atom stereocenters. The van der Waals surface area contributed by atoms with Crippen molar-refractivity contribution in [3.63, 3.8) is 0 Å². The van der Waals surface area contributed by atoms with Gasteiger partial charge in [0.1, 0.15) is 6.33 Å². The van der Waals surface area contributed by atoms with Gasteiger partial charge in [0, 0.05) is 7.05 Å². The van der Waals surface area contributed by atoms with E-state index in [1.165, 1.54) is 11.0 Å². The molecule has 2 rings (SSSR count). The Balaban J connectivity index is 1.99. The highest BCUT2D eigenvalue weighted by Gasteiger charge is 2.37. The quantitative estimate of drug-likeness (QED) is 0.744. The van der Waals surface area contributed by atoms with Crippen molar-refractivity contribution in [3.05, 3.63) is 6.33 Å². The Hall–Kier alpha value is -2.12. The number of nitrogens with zero attached hydrogens (tertiary/aromatic N) is 3. The van der Waals surface area contributed by atoms with Gasteiger partial charge in [0.05, 0.1) is 12.0 Å². The van der Waals surface area contributed by atoms with Crippen molar-refractivity contribution in [1.29, 1.82) is 0 Å². The van der Waals surface area contributed by atoms with E-state index in [1.807, 2.05) is 0 Å². The molecule has 0 radical (unpaired) electrons. The topological polar surface area (TPSA) is 109 Å². The molecule has 0 atom stereocenters. The summed E-state index contributed by atoms with van der Waals surface area (Å²) in [6, 6.07) is -0.445. The number of nitrogens with one attached hydrogen (secondary N) is 2. The van der Waals surface area contributed by atoms with Gasteiger partial charge in [0.2, 0.25) is 5.95 Å². The Morgan fingerprint density at radius 3 is 2.68 bits per heavy atom. The molecule has 0 saturated heterocycles. The average molecular weight is 267 g/mol. The van der Waals surface area contributed by atoms with Crippen molar-refractivity contribution < 1.29 is 14.7 Å². The van der Waals surface area contributed by atoms with Crippen molar-refractivity contribution in [2.75, 3.05) is 5.32 Å². The standard InChI is InChI=1S/C11H17N5O3/c1-16-9(12-7-13-16)14-10(19)15-11(6-8(17)18)4-2-3-5-11/h7H,2-6H2,1H3,(H,17,18)(H2,12,13,14,15,19). The zero-order valence-corrected chi connectivity index (χ0v) is 10.7. The van der Waals surface area contributed by atoms with Gasteiger partial charge >= 0.3 is 12.0 Å². The van der Waals surface area contributed by atoms with Crippen LogP contribution in [0.5, 0.6) is 0 Å². The van der Waals surface area contributed by atoms with Crippen LogP contribution in [-0.2, 0) is 11.8 Å². The van der Waals surface area contributed by atoms with E-state index in [2.05, 4.69) is 20.7 Å². The predicted molar refractivity (Wildman–Crippen MR) is 66.6 cm³/mol. The first-order valence-electron chi connectivity index (χ1n) is 6.16. The summed E-state index contributed by atoms with van der Waals surface area (Å²) in [6.07, 6.45) is 4.50. The summed E-state index contributed by atoms with van der Waals surface area (Å²) in [5, 5.41) is 18.1. The second-order valence-electron chi connectivity index (χ2n) is 4.84. The highest BCUT2D eigenvalue weighted by molar-refractivity contribution is 5.88. The van der Waals surface area contributed by atoms with E-state index in [1.54, 1.807) is 7.05 Å². The monoisotopic (exact) mass is 267 g/mol. The summed E-state index contributed by atoms with van der Waals surface area (Å²) < 4.78 is 1.43. The fourth-order valence-electron chi connectivity index (χ4n) is 2.47. The molecule has 0 aromatic carbocycles. The van der Waals surface area contributed by atoms with E-state index in [9.17, 15) is 9.59 Å². The Kier molecular flexibility index (Phi) is 3.68. The molecule has 104 valence electrons. The zero-order valence-electron chi connectivity index (χ0n) is 10.7. The molecule has 1 aliphatic rings. The molecule has 8 nitrogen and oxygen atoms in total. The Labute approximate surface area is 110 Å². The van der Waals surface area contributed by atoms with Crippen molar-refractivity contribution in [2.24, 2.45) is 7.05 Å². The zero-order chi connectivity index (χ0) is 13.9. The summed E-state index contributed by atoms with van der Waals surface area (Å²) >= 11 is 0. The van der Waals surface area contributed by atoms with E-state index >= 15 is 0 Å². The summed E-state index contributed by atoms with van der Waals surface area (Å²) in [6.45, 7) is 0. The number of anilines is 1. The van der Waals surface area contributed by atoms with Gasteiger partial charge < -0.3 is 10.4 Å². The maximum absolute atomic E-state index is 11.9. The number of aromatic nitrogens is 3. The number of aryl methyl sites for hydroxylation is 1. The molecule has 0 spiro atoms. The van der Waals surface area contributed by atoms with Crippen LogP contribution in [0.15, 0.2) is 6.33 Å². The molecular weight excluding hydrogens is 250 g/mol. The lowest BCUT2D eigenvalue weighted by atomic mass is 9.93. The number of aliphatic carboxylic acids is 1. The molecule has 1 aromatic rings. The molecular formula is C11H17N5O3. The highest BCUT2D eigenvalue weighted by Crippen LogP contribution is 2.32. The van der Waals surface area contributed by atoms with E-state index in [-0.39, 0.29) is 6.42 Å². The lowest BCUT2D eigenvalue weighted by Crippen LogP contribution is -2.49. The van der Waals surface area contributed by atoms with Crippen LogP contribution in [0.3, 0.4) is 0 Å². The van der Waals surface area contributed by atoms with Gasteiger partial charge in [-0.1, -0.05) is 12.8 Å². The second kappa shape index (κ2) is 5.25. The summed E-state index contributed by atoms with van der Waals surface area (Å²) in [4.78, 5) is 26.7. The molecule has 0 aliphatic heterocycles. The van der Waals surface area contributed by atoms with Crippen LogP contribution in [0, 0.1) is 0 Å². The summed E-state index contributed by atoms with van der Waals surface area (Å²) in [5.74, 6) is -0.582. The molecule has 3 N–H and O–H groups in total. The van der Waals surface area contributed by atoms with Crippen LogP contribution in [0.25, 0.3) is 0 Å². The fraction of sp³-hybridized carbons (Fsp3) is 0.636. The highest BCUT2D eigenvalue weighted by atomic mass is 16.4. The van der Waals surface area contributed by atoms with E-state index < -0.39 is 17.5 Å². The maximum Gasteiger partial charge on any atom is 0.322 e. The molecule has 1 aromatic heterocycles. The van der Waals surface area contributed by atoms with E-state index in [4.69, 9.17) is 5.11 Å². The van der Waals surface area contributed by atoms with E-state index in [0.717, 1.165) is 12.8 Å². The molecule has 8 heteroatoms. The number of carbonyl (C=O) groups excluding carboxylic acids is 1. The van der Waals surface area contributed by atoms with Crippen molar-refractivity contribution in [2.45, 2.75) is 37.6 Å². The number of hydrogen-bond donors (Lipinski definition) is 3. The summed E-state index contributed by atoms with van der Waals surface area (Å²) in [7, 11) is 1.66. The van der Waals surface area contributed by atoms with Gasteiger partial charge in [-0.3, -0.25) is 10.1 Å². The fourth-order valence-corrected chi connectivity index (χ4v) is 2.47. The van der Waals surface area contributed by atoms with Gasteiger partial charge in [0.25, 0.3) is 0 Å². The van der Waals surface area contributed by atoms with Gasteiger partial charge in [-0.2, -0.15) is 10.1 Å². The molecule has 1 heterocycles. The lowest BCUT2D eigenvalue weighted by molar-refractivity contribution is -0.138. The van der Waals surface area contributed by atoms with E-state index in [0.29, 0.717) is 18.8 Å². The smallest absolute Gasteiger partial charge is 0.322 e. The third kappa shape index (κ3) is 3.21. The number of rotatable bonds is 4. The van der Waals surface area contributed by atoms with Gasteiger partial charge in [-0.15, -0.1) is 0 Å². The number of carboxylic acids is 1. The van der Waals surface area contributed by atoms with Crippen molar-refractivity contribution >= 4 is 17.9 Å². The third-order valence-electron chi connectivity index (χ3n) is 3.37. The Morgan fingerprint density at radius 2 is 2.16 bits per heavy atom. The van der Waals surface area contributed by atoms with Gasteiger partial charge in [-0.25, -0.2) is 9.48 Å². The maximum atomic E-state index is 11.9. The normalized spacial score (nSPS) is 17.1. The number of carbonyl (C=O) groups is 2. The van der Waals surface area contributed by atoms with Crippen LogP contribution in [0.1, 0.15) is 32.1 Å². The SMILES string of the molecule is Cn1ncnc1NC(=O)NC1(CC(=O)O)CCCC1. The minimum Gasteiger partial charge on any atom is -0.481 e. The van der Waals surface area contributed by atoms with Gasteiger partial charge in [-0.05, 0) is 12.8 Å². The molecule has 19 heavy (non-hydrogen) atoms. The Bertz CT molecular complexity index is 478. The molecule has 2 amide bonds. The third-order valence-corrected chi connectivity index (χ3v) is 3.37. The number of urea groups is 1. The average Bonchev–Trinajstić information content (AvgIpc) is 2.89. The first kappa shape index (κ1) is 13.3. The van der Waals surface area contributed by atoms with Gasteiger partial charge in [0.15, 0.2) is 0 Å². The molecule has 0 bridgehead atoms. The van der Waals surface area contributed by atoms with Crippen molar-refractivity contribution in [1.82, 2.24) is 20.1 Å².